The number of benzene rings is 1. The second kappa shape index (κ2) is 8.87. The molecule has 1 aromatic carbocycles. The molecule has 2 heterocycles. The van der Waals surface area contributed by atoms with Crippen molar-refractivity contribution in [2.45, 2.75) is 13.5 Å². The van der Waals surface area contributed by atoms with Crippen molar-refractivity contribution in [2.24, 2.45) is 7.05 Å². The first-order valence-electron chi connectivity index (χ1n) is 9.15. The van der Waals surface area contributed by atoms with E-state index < -0.39 is 0 Å². The van der Waals surface area contributed by atoms with Crippen molar-refractivity contribution in [2.75, 3.05) is 44.7 Å². The largest absolute Gasteiger partial charge is 0.379 e. The van der Waals surface area contributed by atoms with E-state index in [1.165, 1.54) is 0 Å². The van der Waals surface area contributed by atoms with Crippen LogP contribution < -0.4 is 5.32 Å². The summed E-state index contributed by atoms with van der Waals surface area (Å²) in [6.07, 6.45) is 2.01. The molecule has 1 saturated heterocycles. The lowest BCUT2D eigenvalue weighted by atomic mass is 10.2. The predicted octanol–water partition coefficient (Wildman–Crippen LogP) is 2.70. The monoisotopic (exact) mass is 356 g/mol. The number of anilines is 1. The van der Waals surface area contributed by atoms with Crippen LogP contribution in [-0.2, 0) is 18.3 Å². The number of ether oxygens (including phenoxy) is 1. The minimum absolute atomic E-state index is 0.0648. The number of aromatic nitrogens is 1. The molecule has 1 N–H and O–H groups in total. The van der Waals surface area contributed by atoms with E-state index in [2.05, 4.69) is 20.9 Å². The van der Waals surface area contributed by atoms with Crippen LogP contribution in [0.5, 0.6) is 0 Å². The molecule has 2 amide bonds. The van der Waals surface area contributed by atoms with E-state index >= 15 is 0 Å². The number of nitrogens with one attached hydrogen (secondary N) is 1. The zero-order valence-electron chi connectivity index (χ0n) is 15.6. The van der Waals surface area contributed by atoms with Gasteiger partial charge in [-0.25, -0.2) is 4.79 Å². The van der Waals surface area contributed by atoms with Crippen LogP contribution in [0.2, 0.25) is 0 Å². The maximum absolute atomic E-state index is 12.9. The minimum atomic E-state index is -0.0648. The van der Waals surface area contributed by atoms with Gasteiger partial charge in [0.2, 0.25) is 0 Å². The topological polar surface area (TPSA) is 49.7 Å². The number of urea groups is 1. The van der Waals surface area contributed by atoms with Gasteiger partial charge in [0.05, 0.1) is 19.8 Å². The van der Waals surface area contributed by atoms with Gasteiger partial charge in [-0.2, -0.15) is 0 Å². The van der Waals surface area contributed by atoms with E-state index in [1.54, 1.807) is 0 Å². The maximum atomic E-state index is 12.9. The Balaban J connectivity index is 1.66. The maximum Gasteiger partial charge on any atom is 0.322 e. The highest BCUT2D eigenvalue weighted by atomic mass is 16.5. The first-order chi connectivity index (χ1) is 12.6. The fourth-order valence-electron chi connectivity index (χ4n) is 3.12. The lowest BCUT2D eigenvalue weighted by molar-refractivity contribution is 0.0348. The van der Waals surface area contributed by atoms with Crippen molar-refractivity contribution in [1.82, 2.24) is 14.4 Å². The third kappa shape index (κ3) is 5.09. The Morgan fingerprint density at radius 2 is 2.04 bits per heavy atom. The van der Waals surface area contributed by atoms with Crippen LogP contribution in [0, 0.1) is 6.92 Å². The molecule has 0 unspecified atom stereocenters. The smallest absolute Gasteiger partial charge is 0.322 e. The van der Waals surface area contributed by atoms with Crippen LogP contribution in [0.4, 0.5) is 10.5 Å². The molecule has 6 nitrogen and oxygen atoms in total. The average molecular weight is 356 g/mol. The van der Waals surface area contributed by atoms with Crippen LogP contribution in [0.1, 0.15) is 11.3 Å². The summed E-state index contributed by atoms with van der Waals surface area (Å²) in [5, 5.41) is 3.04. The molecule has 6 heteroatoms. The zero-order valence-corrected chi connectivity index (χ0v) is 15.6. The number of hydrogen-bond acceptors (Lipinski definition) is 3. The summed E-state index contributed by atoms with van der Waals surface area (Å²) in [6.45, 7) is 7.55. The molecule has 140 valence electrons. The SMILES string of the molecule is Cc1cccc(NC(=O)N(CCN2CCOCC2)Cc2cccn2C)c1. The molecular weight excluding hydrogens is 328 g/mol. The Bertz CT molecular complexity index is 722. The third-order valence-electron chi connectivity index (χ3n) is 4.75. The predicted molar refractivity (Wildman–Crippen MR) is 103 cm³/mol. The summed E-state index contributed by atoms with van der Waals surface area (Å²) in [7, 11) is 2.01. The molecule has 2 aromatic rings. The van der Waals surface area contributed by atoms with Gasteiger partial charge in [0, 0.05) is 50.8 Å². The second-order valence-electron chi connectivity index (χ2n) is 6.79. The van der Waals surface area contributed by atoms with Gasteiger partial charge in [-0.1, -0.05) is 12.1 Å². The quantitative estimate of drug-likeness (QED) is 0.866. The molecule has 0 saturated carbocycles. The van der Waals surface area contributed by atoms with Crippen molar-refractivity contribution < 1.29 is 9.53 Å². The first-order valence-corrected chi connectivity index (χ1v) is 9.15. The van der Waals surface area contributed by atoms with Crippen LogP contribution in [-0.4, -0.2) is 59.8 Å². The Labute approximate surface area is 155 Å². The van der Waals surface area contributed by atoms with Crippen molar-refractivity contribution >= 4 is 11.7 Å². The zero-order chi connectivity index (χ0) is 18.4. The summed E-state index contributed by atoms with van der Waals surface area (Å²) in [5.41, 5.74) is 3.08. The molecule has 1 fully saturated rings. The highest BCUT2D eigenvalue weighted by Crippen LogP contribution is 2.12. The lowest BCUT2D eigenvalue weighted by Gasteiger charge is -2.30. The Kier molecular flexibility index (Phi) is 6.30. The first kappa shape index (κ1) is 18.5. The van der Waals surface area contributed by atoms with E-state index in [-0.39, 0.29) is 6.03 Å². The van der Waals surface area contributed by atoms with Gasteiger partial charge in [0.15, 0.2) is 0 Å². The van der Waals surface area contributed by atoms with Crippen LogP contribution in [0.15, 0.2) is 42.6 Å². The fourth-order valence-corrected chi connectivity index (χ4v) is 3.12. The van der Waals surface area contributed by atoms with E-state index in [0.29, 0.717) is 13.1 Å². The summed E-state index contributed by atoms with van der Waals surface area (Å²) < 4.78 is 7.46. The second-order valence-corrected chi connectivity index (χ2v) is 6.79. The molecular formula is C20H28N4O2. The molecule has 0 radical (unpaired) electrons. The van der Waals surface area contributed by atoms with Gasteiger partial charge in [0.1, 0.15) is 0 Å². The molecule has 3 rings (SSSR count). The van der Waals surface area contributed by atoms with Gasteiger partial charge in [0.25, 0.3) is 0 Å². The Hall–Kier alpha value is -2.31. The van der Waals surface area contributed by atoms with E-state index in [9.17, 15) is 4.79 Å². The molecule has 0 aliphatic carbocycles. The van der Waals surface area contributed by atoms with Gasteiger partial charge in [-0.05, 0) is 36.8 Å². The van der Waals surface area contributed by atoms with Crippen molar-refractivity contribution in [3.63, 3.8) is 0 Å². The highest BCUT2D eigenvalue weighted by molar-refractivity contribution is 5.89. The number of aryl methyl sites for hydroxylation is 2. The minimum Gasteiger partial charge on any atom is -0.379 e. The Morgan fingerprint density at radius 3 is 2.73 bits per heavy atom. The molecule has 0 spiro atoms. The fraction of sp³-hybridized carbons (Fsp3) is 0.450. The van der Waals surface area contributed by atoms with E-state index in [1.807, 2.05) is 55.4 Å². The normalized spacial score (nSPS) is 15.0. The van der Waals surface area contributed by atoms with Crippen molar-refractivity contribution in [3.8, 4) is 0 Å². The number of morpholine rings is 1. The Morgan fingerprint density at radius 1 is 1.23 bits per heavy atom. The number of carbonyl (C=O) groups is 1. The molecule has 0 bridgehead atoms. The van der Waals surface area contributed by atoms with E-state index in [4.69, 9.17) is 4.74 Å². The van der Waals surface area contributed by atoms with Gasteiger partial charge in [-0.15, -0.1) is 0 Å². The molecule has 1 aliphatic rings. The lowest BCUT2D eigenvalue weighted by Crippen LogP contribution is -2.44. The average Bonchev–Trinajstić information content (AvgIpc) is 3.04. The summed E-state index contributed by atoms with van der Waals surface area (Å²) >= 11 is 0. The number of rotatable bonds is 6. The molecule has 26 heavy (non-hydrogen) atoms. The van der Waals surface area contributed by atoms with Gasteiger partial charge in [-0.3, -0.25) is 4.90 Å². The molecule has 1 aliphatic heterocycles. The van der Waals surface area contributed by atoms with Crippen molar-refractivity contribution in [1.29, 1.82) is 0 Å². The summed E-state index contributed by atoms with van der Waals surface area (Å²) in [5.74, 6) is 0. The molecule has 1 aromatic heterocycles. The third-order valence-corrected chi connectivity index (χ3v) is 4.75. The van der Waals surface area contributed by atoms with Gasteiger partial charge >= 0.3 is 6.03 Å². The molecule has 0 atom stereocenters. The van der Waals surface area contributed by atoms with Crippen LogP contribution >= 0.6 is 0 Å². The highest BCUT2D eigenvalue weighted by Gasteiger charge is 2.18. The summed E-state index contributed by atoms with van der Waals surface area (Å²) in [6, 6.07) is 11.9. The van der Waals surface area contributed by atoms with Gasteiger partial charge < -0.3 is 19.5 Å². The standard InChI is InChI=1S/C20H28N4O2/c1-17-5-3-6-18(15-17)21-20(25)24(16-19-7-4-8-22(19)2)10-9-23-11-13-26-14-12-23/h3-8,15H,9-14,16H2,1-2H3,(H,21,25). The van der Waals surface area contributed by atoms with Crippen LogP contribution in [0.25, 0.3) is 0 Å². The van der Waals surface area contributed by atoms with Crippen LogP contribution in [0.3, 0.4) is 0 Å². The number of hydrogen-bond donors (Lipinski definition) is 1. The van der Waals surface area contributed by atoms with E-state index in [0.717, 1.165) is 49.8 Å². The number of nitrogens with zero attached hydrogens (tertiary/aromatic N) is 3. The summed E-state index contributed by atoms with van der Waals surface area (Å²) in [4.78, 5) is 17.1. The number of amides is 2. The number of carbonyl (C=O) groups excluding carboxylic acids is 1. The van der Waals surface area contributed by atoms with Crippen molar-refractivity contribution in [3.05, 3.63) is 53.9 Å².